The Morgan fingerprint density at radius 3 is 2.39 bits per heavy atom. The highest BCUT2D eigenvalue weighted by molar-refractivity contribution is 7.80. The van der Waals surface area contributed by atoms with Gasteiger partial charge in [-0.2, -0.15) is 0 Å². The molecule has 0 bridgehead atoms. The van der Waals surface area contributed by atoms with Crippen LogP contribution in [-0.4, -0.2) is 14.7 Å². The van der Waals surface area contributed by atoms with Crippen LogP contribution in [0.4, 0.5) is 5.69 Å². The van der Waals surface area contributed by atoms with Gasteiger partial charge in [0.2, 0.25) is 0 Å². The quantitative estimate of drug-likeness (QED) is 0.428. The molecule has 0 spiro atoms. The van der Waals surface area contributed by atoms with Crippen molar-refractivity contribution < 1.29 is 0 Å². The average Bonchev–Trinajstić information content (AvgIpc) is 3.39. The first-order valence-electron chi connectivity index (χ1n) is 10.4. The van der Waals surface area contributed by atoms with Gasteiger partial charge in [0, 0.05) is 29.5 Å². The molecule has 4 nitrogen and oxygen atoms in total. The highest BCUT2D eigenvalue weighted by Gasteiger charge is 2.42. The van der Waals surface area contributed by atoms with Crippen LogP contribution in [0, 0.1) is 13.8 Å². The van der Waals surface area contributed by atoms with Crippen molar-refractivity contribution in [2.45, 2.75) is 25.9 Å². The molecule has 0 saturated carbocycles. The second-order valence-corrected chi connectivity index (χ2v) is 8.31. The highest BCUT2D eigenvalue weighted by Crippen LogP contribution is 2.42. The van der Waals surface area contributed by atoms with Gasteiger partial charge in [0.15, 0.2) is 5.11 Å². The number of pyridine rings is 1. The van der Waals surface area contributed by atoms with E-state index in [-0.39, 0.29) is 12.1 Å². The lowest BCUT2D eigenvalue weighted by molar-refractivity contribution is 0.549. The normalized spacial score (nSPS) is 18.3. The van der Waals surface area contributed by atoms with Crippen LogP contribution in [0.25, 0.3) is 5.69 Å². The Balaban J connectivity index is 1.68. The fraction of sp³-hybridized carbons (Fsp3) is 0.154. The highest BCUT2D eigenvalue weighted by atomic mass is 32.1. The molecule has 0 aliphatic carbocycles. The maximum atomic E-state index is 5.85. The molecular formula is C26H24N4S. The third-order valence-corrected chi connectivity index (χ3v) is 6.18. The summed E-state index contributed by atoms with van der Waals surface area (Å²) < 4.78 is 2.27. The largest absolute Gasteiger partial charge is 0.351 e. The lowest BCUT2D eigenvalue weighted by atomic mass is 10.0. The molecular weight excluding hydrogens is 400 g/mol. The van der Waals surface area contributed by atoms with Crippen LogP contribution < -0.4 is 10.2 Å². The number of hydrogen-bond donors (Lipinski definition) is 1. The Bertz CT molecular complexity index is 1210. The van der Waals surface area contributed by atoms with Gasteiger partial charge in [0.25, 0.3) is 0 Å². The molecule has 1 aliphatic rings. The van der Waals surface area contributed by atoms with Gasteiger partial charge in [-0.1, -0.05) is 42.0 Å². The van der Waals surface area contributed by atoms with E-state index in [0.29, 0.717) is 5.11 Å². The van der Waals surface area contributed by atoms with Crippen LogP contribution in [0.1, 0.15) is 34.6 Å². The third kappa shape index (κ3) is 3.51. The van der Waals surface area contributed by atoms with E-state index in [1.54, 1.807) is 0 Å². The number of rotatable bonds is 4. The Labute approximate surface area is 188 Å². The summed E-state index contributed by atoms with van der Waals surface area (Å²) >= 11 is 5.85. The number of hydrogen-bond acceptors (Lipinski definition) is 2. The van der Waals surface area contributed by atoms with E-state index in [4.69, 9.17) is 12.2 Å². The summed E-state index contributed by atoms with van der Waals surface area (Å²) in [7, 11) is 0. The number of nitrogens with zero attached hydrogens (tertiary/aromatic N) is 3. The Hall–Kier alpha value is -3.44. The van der Waals surface area contributed by atoms with Crippen molar-refractivity contribution in [3.63, 3.8) is 0 Å². The topological polar surface area (TPSA) is 33.1 Å². The van der Waals surface area contributed by atoms with E-state index in [1.165, 1.54) is 16.8 Å². The number of anilines is 1. The summed E-state index contributed by atoms with van der Waals surface area (Å²) in [4.78, 5) is 6.88. The van der Waals surface area contributed by atoms with E-state index in [0.717, 1.165) is 17.1 Å². The fourth-order valence-corrected chi connectivity index (χ4v) is 4.67. The Kier molecular flexibility index (Phi) is 5.04. The van der Waals surface area contributed by atoms with Crippen LogP contribution in [0.3, 0.4) is 0 Å². The molecule has 5 heteroatoms. The van der Waals surface area contributed by atoms with Gasteiger partial charge in [-0.05, 0) is 74.1 Å². The first kappa shape index (κ1) is 19.5. The van der Waals surface area contributed by atoms with E-state index in [1.807, 2.05) is 18.3 Å². The van der Waals surface area contributed by atoms with Crippen LogP contribution in [0.15, 0.2) is 91.3 Å². The molecule has 1 aliphatic heterocycles. The molecule has 2 atom stereocenters. The van der Waals surface area contributed by atoms with E-state index in [9.17, 15) is 0 Å². The summed E-state index contributed by atoms with van der Waals surface area (Å²) in [5.41, 5.74) is 6.83. The third-order valence-electron chi connectivity index (χ3n) is 5.87. The van der Waals surface area contributed by atoms with Gasteiger partial charge in [-0.3, -0.25) is 4.98 Å². The lowest BCUT2D eigenvalue weighted by Crippen LogP contribution is -2.30. The number of benzene rings is 2. The SMILES string of the molecule is Cc1ccc(N2C(=S)NC(c3ccccn3)C2c2cccn2-c2ccccc2C)cc1. The molecule has 2 aromatic carbocycles. The minimum Gasteiger partial charge on any atom is -0.351 e. The second-order valence-electron chi connectivity index (χ2n) is 7.92. The summed E-state index contributed by atoms with van der Waals surface area (Å²) in [6.45, 7) is 4.24. The van der Waals surface area contributed by atoms with Crippen molar-refractivity contribution in [3.8, 4) is 5.69 Å². The number of thiocarbonyl (C=S) groups is 1. The summed E-state index contributed by atoms with van der Waals surface area (Å²) in [6, 6.07) is 27.2. The van der Waals surface area contributed by atoms with Crippen molar-refractivity contribution in [1.82, 2.24) is 14.9 Å². The van der Waals surface area contributed by atoms with Crippen molar-refractivity contribution in [2.24, 2.45) is 0 Å². The van der Waals surface area contributed by atoms with Crippen molar-refractivity contribution in [3.05, 3.63) is 114 Å². The first-order valence-corrected chi connectivity index (χ1v) is 10.8. The predicted molar refractivity (Wildman–Crippen MR) is 130 cm³/mol. The monoisotopic (exact) mass is 424 g/mol. The molecule has 1 saturated heterocycles. The van der Waals surface area contributed by atoms with Gasteiger partial charge in [-0.25, -0.2) is 0 Å². The number of nitrogens with one attached hydrogen (secondary N) is 1. The van der Waals surface area contributed by atoms with Gasteiger partial charge in [0.05, 0.1) is 11.7 Å². The Morgan fingerprint density at radius 1 is 0.871 bits per heavy atom. The first-order chi connectivity index (χ1) is 15.1. The molecule has 1 N–H and O–H groups in total. The van der Waals surface area contributed by atoms with Crippen LogP contribution in [0.2, 0.25) is 0 Å². The fourth-order valence-electron chi connectivity index (χ4n) is 4.33. The zero-order chi connectivity index (χ0) is 21.4. The average molecular weight is 425 g/mol. The second kappa shape index (κ2) is 8.00. The van der Waals surface area contributed by atoms with E-state index < -0.39 is 0 Å². The zero-order valence-electron chi connectivity index (χ0n) is 17.6. The van der Waals surface area contributed by atoms with Crippen molar-refractivity contribution in [1.29, 1.82) is 0 Å². The number of aryl methyl sites for hydroxylation is 2. The van der Waals surface area contributed by atoms with Crippen LogP contribution >= 0.6 is 12.2 Å². The summed E-state index contributed by atoms with van der Waals surface area (Å²) in [5, 5.41) is 4.26. The minimum absolute atomic E-state index is 0.0419. The molecule has 4 aromatic rings. The number of para-hydroxylation sites is 1. The van der Waals surface area contributed by atoms with Crippen LogP contribution in [-0.2, 0) is 0 Å². The van der Waals surface area contributed by atoms with Crippen LogP contribution in [0.5, 0.6) is 0 Å². The predicted octanol–water partition coefficient (Wildman–Crippen LogP) is 5.67. The molecule has 0 amide bonds. The smallest absolute Gasteiger partial charge is 0.174 e. The molecule has 2 unspecified atom stereocenters. The van der Waals surface area contributed by atoms with Gasteiger partial charge >= 0.3 is 0 Å². The summed E-state index contributed by atoms with van der Waals surface area (Å²) in [5.74, 6) is 0. The van der Waals surface area contributed by atoms with E-state index >= 15 is 0 Å². The van der Waals surface area contributed by atoms with Gasteiger partial charge in [0.1, 0.15) is 6.04 Å². The minimum atomic E-state index is -0.0623. The standard InChI is InChI=1S/C26H24N4S/c1-18-12-14-20(15-13-18)30-25(24(28-26(30)31)21-9-5-6-16-27-21)23-11-7-17-29(23)22-10-4-3-8-19(22)2/h3-17,24-25H,1-2H3,(H,28,31). The molecule has 154 valence electrons. The molecule has 3 heterocycles. The molecule has 1 fully saturated rings. The molecule has 5 rings (SSSR count). The maximum Gasteiger partial charge on any atom is 0.174 e. The summed E-state index contributed by atoms with van der Waals surface area (Å²) in [6.07, 6.45) is 3.97. The number of aromatic nitrogens is 2. The Morgan fingerprint density at radius 2 is 1.65 bits per heavy atom. The van der Waals surface area contributed by atoms with Crippen molar-refractivity contribution >= 4 is 23.0 Å². The molecule has 2 aromatic heterocycles. The maximum absolute atomic E-state index is 5.85. The lowest BCUT2D eigenvalue weighted by Gasteiger charge is -2.29. The van der Waals surface area contributed by atoms with Crippen molar-refractivity contribution in [2.75, 3.05) is 4.90 Å². The van der Waals surface area contributed by atoms with Gasteiger partial charge in [-0.15, -0.1) is 0 Å². The van der Waals surface area contributed by atoms with E-state index in [2.05, 4.69) is 107 Å². The zero-order valence-corrected chi connectivity index (χ0v) is 18.4. The molecule has 0 radical (unpaired) electrons. The van der Waals surface area contributed by atoms with Gasteiger partial charge < -0.3 is 14.8 Å². The molecule has 31 heavy (non-hydrogen) atoms.